The number of nitrogens with zero attached hydrogens (tertiary/aromatic N) is 2. The maximum absolute atomic E-state index is 10.3. The van der Waals surface area contributed by atoms with E-state index in [1.807, 2.05) is 0 Å². The second-order valence-electron chi connectivity index (χ2n) is 2.19. The standard InChI is InChI=1S/C6H7ClN4O2S/c7-3-1-4(11-8)10-6(9-3)14-2-5(12)13/h1H,2,8H2,(H,12,13)(H,9,10,11). The van der Waals surface area contributed by atoms with Gasteiger partial charge in [-0.15, -0.1) is 0 Å². The summed E-state index contributed by atoms with van der Waals surface area (Å²) in [6.45, 7) is 0. The second kappa shape index (κ2) is 4.99. The first-order valence-electron chi connectivity index (χ1n) is 3.47. The predicted molar refractivity (Wildman–Crippen MR) is 53.2 cm³/mol. The van der Waals surface area contributed by atoms with Gasteiger partial charge >= 0.3 is 5.97 Å². The Bertz CT molecular complexity index is 349. The summed E-state index contributed by atoms with van der Waals surface area (Å²) in [4.78, 5) is 18.0. The lowest BCUT2D eigenvalue weighted by Gasteiger charge is -2.02. The summed E-state index contributed by atoms with van der Waals surface area (Å²) in [6.07, 6.45) is 0. The van der Waals surface area contributed by atoms with Crippen molar-refractivity contribution in [3.8, 4) is 0 Å². The normalized spacial score (nSPS) is 9.86. The van der Waals surface area contributed by atoms with E-state index in [0.29, 0.717) is 5.82 Å². The molecule has 6 nitrogen and oxygen atoms in total. The number of nitrogen functional groups attached to an aromatic ring is 1. The van der Waals surface area contributed by atoms with Gasteiger partial charge in [0.1, 0.15) is 11.0 Å². The molecule has 8 heteroatoms. The van der Waals surface area contributed by atoms with Crippen LogP contribution in [0.3, 0.4) is 0 Å². The van der Waals surface area contributed by atoms with Crippen LogP contribution in [0.2, 0.25) is 5.15 Å². The molecule has 0 aliphatic carbocycles. The third kappa shape index (κ3) is 3.36. The molecule has 76 valence electrons. The minimum Gasteiger partial charge on any atom is -0.481 e. The predicted octanol–water partition coefficient (Wildman–Crippen LogP) is 0.592. The smallest absolute Gasteiger partial charge is 0.313 e. The molecule has 0 aromatic carbocycles. The molecule has 1 rings (SSSR count). The lowest BCUT2D eigenvalue weighted by Crippen LogP contribution is -2.09. The van der Waals surface area contributed by atoms with Crippen LogP contribution in [0, 0.1) is 0 Å². The van der Waals surface area contributed by atoms with Gasteiger partial charge < -0.3 is 10.5 Å². The summed E-state index contributed by atoms with van der Waals surface area (Å²) in [5, 5.41) is 8.90. The topological polar surface area (TPSA) is 101 Å². The Morgan fingerprint density at radius 2 is 2.43 bits per heavy atom. The molecule has 0 radical (unpaired) electrons. The average molecular weight is 235 g/mol. The Kier molecular flexibility index (Phi) is 3.93. The van der Waals surface area contributed by atoms with Gasteiger partial charge in [-0.2, -0.15) is 0 Å². The summed E-state index contributed by atoms with van der Waals surface area (Å²) in [5.74, 6) is 4.40. The van der Waals surface area contributed by atoms with Crippen molar-refractivity contribution in [1.29, 1.82) is 0 Å². The van der Waals surface area contributed by atoms with Crippen LogP contribution in [-0.2, 0) is 4.79 Å². The van der Waals surface area contributed by atoms with Crippen molar-refractivity contribution in [2.45, 2.75) is 5.16 Å². The number of aliphatic carboxylic acids is 1. The SMILES string of the molecule is NNc1cc(Cl)nc(SCC(=O)O)n1. The minimum atomic E-state index is -0.944. The fourth-order valence-corrected chi connectivity index (χ4v) is 1.47. The molecule has 0 atom stereocenters. The van der Waals surface area contributed by atoms with Crippen molar-refractivity contribution < 1.29 is 9.90 Å². The zero-order chi connectivity index (χ0) is 10.6. The largest absolute Gasteiger partial charge is 0.481 e. The number of aromatic nitrogens is 2. The highest BCUT2D eigenvalue weighted by atomic mass is 35.5. The molecular weight excluding hydrogens is 228 g/mol. The lowest BCUT2D eigenvalue weighted by molar-refractivity contribution is -0.133. The Labute approximate surface area is 88.8 Å². The average Bonchev–Trinajstić information content (AvgIpc) is 2.14. The molecule has 4 N–H and O–H groups in total. The highest BCUT2D eigenvalue weighted by molar-refractivity contribution is 7.99. The summed E-state index contributed by atoms with van der Waals surface area (Å²) >= 11 is 6.61. The monoisotopic (exact) mass is 234 g/mol. The zero-order valence-corrected chi connectivity index (χ0v) is 8.47. The summed E-state index contributed by atoms with van der Waals surface area (Å²) in [7, 11) is 0. The quantitative estimate of drug-likeness (QED) is 0.230. The molecule has 0 fully saturated rings. The van der Waals surface area contributed by atoms with Crippen molar-refractivity contribution in [1.82, 2.24) is 9.97 Å². The molecule has 1 aromatic heterocycles. The molecule has 0 amide bonds. The number of carbonyl (C=O) groups is 1. The van der Waals surface area contributed by atoms with Crippen LogP contribution in [0.4, 0.5) is 5.82 Å². The second-order valence-corrected chi connectivity index (χ2v) is 3.51. The number of hydrogen-bond donors (Lipinski definition) is 3. The van der Waals surface area contributed by atoms with Gasteiger partial charge in [0.2, 0.25) is 0 Å². The molecule has 0 bridgehead atoms. The first-order chi connectivity index (χ1) is 6.61. The van der Waals surface area contributed by atoms with E-state index in [1.54, 1.807) is 0 Å². The Morgan fingerprint density at radius 1 is 1.71 bits per heavy atom. The van der Waals surface area contributed by atoms with E-state index < -0.39 is 5.97 Å². The van der Waals surface area contributed by atoms with Crippen LogP contribution >= 0.6 is 23.4 Å². The number of hydrogen-bond acceptors (Lipinski definition) is 6. The molecule has 0 saturated carbocycles. The summed E-state index contributed by atoms with van der Waals surface area (Å²) < 4.78 is 0. The minimum absolute atomic E-state index is 0.121. The molecule has 0 aliphatic rings. The van der Waals surface area contributed by atoms with Crippen LogP contribution in [0.5, 0.6) is 0 Å². The van der Waals surface area contributed by atoms with Gasteiger partial charge in [0.05, 0.1) is 5.75 Å². The maximum Gasteiger partial charge on any atom is 0.313 e. The number of rotatable bonds is 4. The van der Waals surface area contributed by atoms with Crippen LogP contribution in [0.1, 0.15) is 0 Å². The number of hydrazine groups is 1. The van der Waals surface area contributed by atoms with E-state index >= 15 is 0 Å². The highest BCUT2D eigenvalue weighted by Crippen LogP contribution is 2.18. The number of thioether (sulfide) groups is 1. The van der Waals surface area contributed by atoms with E-state index in [1.165, 1.54) is 6.07 Å². The third-order valence-corrected chi connectivity index (χ3v) is 2.17. The number of anilines is 1. The van der Waals surface area contributed by atoms with Crippen molar-refractivity contribution in [2.24, 2.45) is 5.84 Å². The fraction of sp³-hybridized carbons (Fsp3) is 0.167. The number of carboxylic acid groups (broad SMARTS) is 1. The van der Waals surface area contributed by atoms with Gasteiger partial charge in [0, 0.05) is 6.07 Å². The molecule has 0 saturated heterocycles. The lowest BCUT2D eigenvalue weighted by atomic mass is 10.6. The van der Waals surface area contributed by atoms with E-state index in [-0.39, 0.29) is 16.1 Å². The van der Waals surface area contributed by atoms with Crippen LogP contribution in [0.15, 0.2) is 11.2 Å². The van der Waals surface area contributed by atoms with Gasteiger partial charge in [-0.1, -0.05) is 23.4 Å². The maximum atomic E-state index is 10.3. The summed E-state index contributed by atoms with van der Waals surface area (Å²) in [6, 6.07) is 1.44. The summed E-state index contributed by atoms with van der Waals surface area (Å²) in [5.41, 5.74) is 2.30. The molecule has 1 heterocycles. The van der Waals surface area contributed by atoms with Crippen molar-refractivity contribution in [3.05, 3.63) is 11.2 Å². The van der Waals surface area contributed by atoms with E-state index in [0.717, 1.165) is 11.8 Å². The molecule has 0 aliphatic heterocycles. The first-order valence-corrected chi connectivity index (χ1v) is 4.84. The number of nitrogens with two attached hydrogens (primary N) is 1. The molecule has 1 aromatic rings. The third-order valence-electron chi connectivity index (χ3n) is 1.15. The molecule has 0 spiro atoms. The van der Waals surface area contributed by atoms with Gasteiger partial charge in [-0.25, -0.2) is 15.8 Å². The molecule has 14 heavy (non-hydrogen) atoms. The van der Waals surface area contributed by atoms with Crippen LogP contribution in [-0.4, -0.2) is 26.8 Å². The van der Waals surface area contributed by atoms with E-state index in [2.05, 4.69) is 15.4 Å². The number of carboxylic acids is 1. The Morgan fingerprint density at radius 3 is 3.00 bits per heavy atom. The Balaban J connectivity index is 2.76. The zero-order valence-electron chi connectivity index (χ0n) is 6.90. The highest BCUT2D eigenvalue weighted by Gasteiger charge is 2.05. The fourth-order valence-electron chi connectivity index (χ4n) is 0.662. The van der Waals surface area contributed by atoms with Gasteiger partial charge in [-0.3, -0.25) is 4.79 Å². The van der Waals surface area contributed by atoms with E-state index in [4.69, 9.17) is 22.6 Å². The Hall–Kier alpha value is -1.05. The van der Waals surface area contributed by atoms with Crippen molar-refractivity contribution in [2.75, 3.05) is 11.2 Å². The van der Waals surface area contributed by atoms with Crippen molar-refractivity contribution in [3.63, 3.8) is 0 Å². The van der Waals surface area contributed by atoms with Gasteiger partial charge in [0.25, 0.3) is 0 Å². The van der Waals surface area contributed by atoms with Crippen LogP contribution < -0.4 is 11.3 Å². The molecule has 0 unspecified atom stereocenters. The number of halogens is 1. The van der Waals surface area contributed by atoms with Gasteiger partial charge in [0.15, 0.2) is 5.16 Å². The van der Waals surface area contributed by atoms with Gasteiger partial charge in [-0.05, 0) is 0 Å². The van der Waals surface area contributed by atoms with E-state index in [9.17, 15) is 4.79 Å². The van der Waals surface area contributed by atoms with Crippen LogP contribution in [0.25, 0.3) is 0 Å². The first kappa shape index (κ1) is 11.0. The van der Waals surface area contributed by atoms with Crippen molar-refractivity contribution >= 4 is 35.1 Å². The number of nitrogens with one attached hydrogen (secondary N) is 1. The molecular formula is C6H7ClN4O2S.